The van der Waals surface area contributed by atoms with Gasteiger partial charge in [-0.05, 0) is 5.56 Å². The second-order valence-corrected chi connectivity index (χ2v) is 3.42. The number of hydrogen-bond acceptors (Lipinski definition) is 3. The molecule has 0 aliphatic rings. The van der Waals surface area contributed by atoms with E-state index in [2.05, 4.69) is 0 Å². The average Bonchev–Trinajstić information content (AvgIpc) is 2.28. The van der Waals surface area contributed by atoms with E-state index in [1.165, 1.54) is 0 Å². The van der Waals surface area contributed by atoms with E-state index in [9.17, 15) is 18.0 Å². The number of halogens is 3. The van der Waals surface area contributed by atoms with Crippen LogP contribution < -0.4 is 5.73 Å². The SMILES string of the molecule is NC(CC(=O)O)c1ccccc1.O=C(O)C(F)(F)F. The predicted octanol–water partition coefficient (Wildman–Crippen LogP) is 1.79. The van der Waals surface area contributed by atoms with Crippen LogP contribution in [0.2, 0.25) is 0 Å². The lowest BCUT2D eigenvalue weighted by Gasteiger charge is -2.07. The normalized spacial score (nSPS) is 12.0. The van der Waals surface area contributed by atoms with Crippen LogP contribution in [0, 0.1) is 0 Å². The van der Waals surface area contributed by atoms with E-state index in [0.717, 1.165) is 5.56 Å². The number of hydrogen-bond donors (Lipinski definition) is 3. The second kappa shape index (κ2) is 7.37. The molecule has 1 aromatic rings. The third-order valence-electron chi connectivity index (χ3n) is 1.86. The van der Waals surface area contributed by atoms with Gasteiger partial charge in [-0.2, -0.15) is 13.2 Å². The van der Waals surface area contributed by atoms with Crippen LogP contribution in [0.1, 0.15) is 18.0 Å². The van der Waals surface area contributed by atoms with E-state index < -0.39 is 24.2 Å². The number of carboxylic acids is 2. The monoisotopic (exact) mass is 279 g/mol. The summed E-state index contributed by atoms with van der Waals surface area (Å²) >= 11 is 0. The number of alkyl halides is 3. The third kappa shape index (κ3) is 7.77. The minimum absolute atomic E-state index is 0.0238. The molecule has 0 saturated carbocycles. The first-order chi connectivity index (χ1) is 8.64. The maximum absolute atomic E-state index is 10.6. The number of carboxylic acid groups (broad SMARTS) is 2. The molecule has 19 heavy (non-hydrogen) atoms. The van der Waals surface area contributed by atoms with Crippen molar-refractivity contribution in [2.45, 2.75) is 18.6 Å². The Morgan fingerprint density at radius 2 is 1.58 bits per heavy atom. The van der Waals surface area contributed by atoms with Crippen molar-refractivity contribution in [3.8, 4) is 0 Å². The summed E-state index contributed by atoms with van der Waals surface area (Å²) in [6.45, 7) is 0. The first-order valence-electron chi connectivity index (χ1n) is 4.97. The highest BCUT2D eigenvalue weighted by Crippen LogP contribution is 2.13. The maximum atomic E-state index is 10.6. The molecule has 0 aromatic heterocycles. The summed E-state index contributed by atoms with van der Waals surface area (Å²) in [6.07, 6.45) is -5.11. The number of carbonyl (C=O) groups is 2. The second-order valence-electron chi connectivity index (χ2n) is 3.42. The van der Waals surface area contributed by atoms with Gasteiger partial charge < -0.3 is 15.9 Å². The summed E-state index contributed by atoms with van der Waals surface area (Å²) in [6, 6.07) is 8.82. The van der Waals surface area contributed by atoms with Crippen molar-refractivity contribution in [3.63, 3.8) is 0 Å². The maximum Gasteiger partial charge on any atom is 0.490 e. The van der Waals surface area contributed by atoms with Crippen LogP contribution in [0.15, 0.2) is 30.3 Å². The van der Waals surface area contributed by atoms with Crippen LogP contribution in [0.25, 0.3) is 0 Å². The first kappa shape index (κ1) is 16.9. The van der Waals surface area contributed by atoms with Crippen molar-refractivity contribution < 1.29 is 33.0 Å². The highest BCUT2D eigenvalue weighted by molar-refractivity contribution is 5.73. The molecule has 5 nitrogen and oxygen atoms in total. The zero-order valence-corrected chi connectivity index (χ0v) is 9.59. The van der Waals surface area contributed by atoms with Crippen molar-refractivity contribution in [1.82, 2.24) is 0 Å². The molecule has 1 aromatic carbocycles. The molecule has 4 N–H and O–H groups in total. The summed E-state index contributed by atoms with van der Waals surface area (Å²) < 4.78 is 31.7. The van der Waals surface area contributed by atoms with E-state index in [1.54, 1.807) is 0 Å². The quantitative estimate of drug-likeness (QED) is 0.783. The van der Waals surface area contributed by atoms with Crippen LogP contribution >= 0.6 is 0 Å². The van der Waals surface area contributed by atoms with Gasteiger partial charge >= 0.3 is 18.1 Å². The van der Waals surface area contributed by atoms with Crippen LogP contribution in [-0.2, 0) is 9.59 Å². The summed E-state index contributed by atoms with van der Waals surface area (Å²) in [5.41, 5.74) is 6.48. The Balaban J connectivity index is 0.000000399. The van der Waals surface area contributed by atoms with Crippen molar-refractivity contribution in [2.75, 3.05) is 0 Å². The van der Waals surface area contributed by atoms with Crippen LogP contribution in [0.3, 0.4) is 0 Å². The fourth-order valence-electron chi connectivity index (χ4n) is 1.01. The van der Waals surface area contributed by atoms with Gasteiger partial charge in [0.15, 0.2) is 0 Å². The fourth-order valence-corrected chi connectivity index (χ4v) is 1.01. The molecule has 1 unspecified atom stereocenters. The minimum Gasteiger partial charge on any atom is -0.481 e. The lowest BCUT2D eigenvalue weighted by atomic mass is 10.1. The molecule has 1 rings (SSSR count). The molecule has 0 fully saturated rings. The molecular weight excluding hydrogens is 267 g/mol. The van der Waals surface area contributed by atoms with Gasteiger partial charge in [0.2, 0.25) is 0 Å². The Hall–Kier alpha value is -2.09. The van der Waals surface area contributed by atoms with Crippen molar-refractivity contribution >= 4 is 11.9 Å². The summed E-state index contributed by atoms with van der Waals surface area (Å²) in [7, 11) is 0. The van der Waals surface area contributed by atoms with E-state index in [0.29, 0.717) is 0 Å². The zero-order valence-electron chi connectivity index (χ0n) is 9.59. The molecule has 0 aliphatic carbocycles. The van der Waals surface area contributed by atoms with E-state index >= 15 is 0 Å². The Bertz CT molecular complexity index is 420. The van der Waals surface area contributed by atoms with Crippen LogP contribution in [0.5, 0.6) is 0 Å². The van der Waals surface area contributed by atoms with Gasteiger partial charge in [-0.1, -0.05) is 30.3 Å². The predicted molar refractivity (Wildman–Crippen MR) is 59.3 cm³/mol. The van der Waals surface area contributed by atoms with Gasteiger partial charge in [-0.3, -0.25) is 4.79 Å². The Morgan fingerprint density at radius 3 is 1.89 bits per heavy atom. The third-order valence-corrected chi connectivity index (χ3v) is 1.86. The molecule has 1 atom stereocenters. The molecule has 0 bridgehead atoms. The van der Waals surface area contributed by atoms with E-state index in [-0.39, 0.29) is 6.42 Å². The van der Waals surface area contributed by atoms with Crippen molar-refractivity contribution in [2.24, 2.45) is 5.73 Å². The van der Waals surface area contributed by atoms with Gasteiger partial charge in [-0.25, -0.2) is 4.79 Å². The van der Waals surface area contributed by atoms with Gasteiger partial charge in [0.1, 0.15) is 0 Å². The summed E-state index contributed by atoms with van der Waals surface area (Å²) in [5, 5.41) is 15.6. The van der Waals surface area contributed by atoms with Crippen LogP contribution in [0.4, 0.5) is 13.2 Å². The standard InChI is InChI=1S/C9H11NO2.C2HF3O2/c10-8(6-9(11)12)7-4-2-1-3-5-7;3-2(4,5)1(6)7/h1-5,8H,6,10H2,(H,11,12);(H,6,7). The highest BCUT2D eigenvalue weighted by Gasteiger charge is 2.38. The molecule has 0 amide bonds. The highest BCUT2D eigenvalue weighted by atomic mass is 19.4. The van der Waals surface area contributed by atoms with Gasteiger partial charge in [0.05, 0.1) is 6.42 Å². The molecule has 106 valence electrons. The molecule has 0 spiro atoms. The van der Waals surface area contributed by atoms with Crippen LogP contribution in [-0.4, -0.2) is 28.3 Å². The number of benzene rings is 1. The number of aliphatic carboxylic acids is 2. The molecule has 0 saturated heterocycles. The number of rotatable bonds is 3. The molecule has 0 aliphatic heterocycles. The van der Waals surface area contributed by atoms with Crippen molar-refractivity contribution in [1.29, 1.82) is 0 Å². The smallest absolute Gasteiger partial charge is 0.481 e. The molecule has 0 heterocycles. The lowest BCUT2D eigenvalue weighted by molar-refractivity contribution is -0.192. The summed E-state index contributed by atoms with van der Waals surface area (Å²) in [5.74, 6) is -3.63. The minimum atomic E-state index is -5.08. The van der Waals surface area contributed by atoms with Gasteiger partial charge in [0, 0.05) is 6.04 Å². The lowest BCUT2D eigenvalue weighted by Crippen LogP contribution is -2.21. The fraction of sp³-hybridized carbons (Fsp3) is 0.273. The Morgan fingerprint density at radius 1 is 1.16 bits per heavy atom. The van der Waals surface area contributed by atoms with Gasteiger partial charge in [0.25, 0.3) is 0 Å². The zero-order chi connectivity index (χ0) is 15.1. The average molecular weight is 279 g/mol. The molecule has 0 radical (unpaired) electrons. The largest absolute Gasteiger partial charge is 0.490 e. The summed E-state index contributed by atoms with van der Waals surface area (Å²) in [4.78, 5) is 19.2. The first-order valence-corrected chi connectivity index (χ1v) is 4.97. The topological polar surface area (TPSA) is 101 Å². The van der Waals surface area contributed by atoms with Gasteiger partial charge in [-0.15, -0.1) is 0 Å². The Kier molecular flexibility index (Phi) is 6.56. The Labute approximate surface area is 106 Å². The van der Waals surface area contributed by atoms with E-state index in [1.807, 2.05) is 30.3 Å². The number of nitrogens with two attached hydrogens (primary N) is 1. The van der Waals surface area contributed by atoms with E-state index in [4.69, 9.17) is 20.7 Å². The molecule has 8 heteroatoms. The van der Waals surface area contributed by atoms with Crippen molar-refractivity contribution in [3.05, 3.63) is 35.9 Å². The molecular formula is C11H12F3NO4.